The highest BCUT2D eigenvalue weighted by Gasteiger charge is 2.36. The van der Waals surface area contributed by atoms with Crippen molar-refractivity contribution in [2.24, 2.45) is 0 Å². The van der Waals surface area contributed by atoms with Crippen LogP contribution in [0.25, 0.3) is 0 Å². The Balaban J connectivity index is 1.89. The molecule has 4 nitrogen and oxygen atoms in total. The van der Waals surface area contributed by atoms with Gasteiger partial charge < -0.3 is 4.74 Å². The summed E-state index contributed by atoms with van der Waals surface area (Å²) in [7, 11) is 0. The van der Waals surface area contributed by atoms with Crippen molar-refractivity contribution in [1.82, 2.24) is 0 Å². The van der Waals surface area contributed by atoms with E-state index in [1.807, 2.05) is 53.6 Å². The quantitative estimate of drug-likeness (QED) is 0.809. The summed E-state index contributed by atoms with van der Waals surface area (Å²) in [5, 5.41) is 1.82. The largest absolute Gasteiger partial charge is 0.434 e. The van der Waals surface area contributed by atoms with Gasteiger partial charge in [0.15, 0.2) is 0 Å². The Bertz CT molecular complexity index is 552. The Morgan fingerprint density at radius 2 is 1.71 bits per heavy atom. The minimum atomic E-state index is -0.548. The van der Waals surface area contributed by atoms with E-state index in [1.165, 1.54) is 6.92 Å². The van der Waals surface area contributed by atoms with Gasteiger partial charge in [-0.15, -0.1) is 0 Å². The van der Waals surface area contributed by atoms with Crippen molar-refractivity contribution in [3.05, 3.63) is 66.2 Å². The van der Waals surface area contributed by atoms with Gasteiger partial charge in [0.2, 0.25) is 6.29 Å². The number of hydroxylamine groups is 1. The van der Waals surface area contributed by atoms with E-state index < -0.39 is 6.29 Å². The maximum Gasteiger partial charge on any atom is 0.305 e. The lowest BCUT2D eigenvalue weighted by molar-refractivity contribution is -0.168. The van der Waals surface area contributed by atoms with Crippen molar-refractivity contribution >= 4 is 11.7 Å². The molecule has 0 bridgehead atoms. The number of benzene rings is 2. The third-order valence-corrected chi connectivity index (χ3v) is 3.42. The van der Waals surface area contributed by atoms with E-state index >= 15 is 0 Å². The number of esters is 1. The predicted octanol–water partition coefficient (Wildman–Crippen LogP) is 3.46. The lowest BCUT2D eigenvalue weighted by Crippen LogP contribution is -2.23. The van der Waals surface area contributed by atoms with Crippen LogP contribution in [0, 0.1) is 0 Å². The molecule has 3 rings (SSSR count). The molecule has 21 heavy (non-hydrogen) atoms. The van der Waals surface area contributed by atoms with E-state index in [4.69, 9.17) is 9.57 Å². The van der Waals surface area contributed by atoms with Crippen LogP contribution in [0.15, 0.2) is 60.7 Å². The number of hydrogen-bond donors (Lipinski definition) is 0. The van der Waals surface area contributed by atoms with Gasteiger partial charge in [-0.25, -0.2) is 9.90 Å². The number of hydrogen-bond acceptors (Lipinski definition) is 4. The Kier molecular flexibility index (Phi) is 3.88. The first-order valence-corrected chi connectivity index (χ1v) is 6.97. The Labute approximate surface area is 123 Å². The zero-order chi connectivity index (χ0) is 14.7. The van der Waals surface area contributed by atoms with Crippen LogP contribution < -0.4 is 5.06 Å². The second-order valence-corrected chi connectivity index (χ2v) is 4.97. The number of anilines is 1. The molecule has 0 N–H and O–H groups in total. The van der Waals surface area contributed by atoms with Crippen LogP contribution in [0.1, 0.15) is 24.9 Å². The first kappa shape index (κ1) is 13.6. The highest BCUT2D eigenvalue weighted by Crippen LogP contribution is 2.38. The van der Waals surface area contributed by atoms with Crippen molar-refractivity contribution in [3.63, 3.8) is 0 Å². The first-order chi connectivity index (χ1) is 10.2. The molecule has 1 aliphatic heterocycles. The molecular formula is C17H17NO3. The van der Waals surface area contributed by atoms with Crippen molar-refractivity contribution in [3.8, 4) is 0 Å². The standard InChI is InChI=1S/C17H17NO3/c1-13(19)20-17-12-16(14-8-4-2-5-9-14)18(21-17)15-10-6-3-7-11-15/h2-11,16-17H,12H2,1H3/t16-,17+/m0/s1. The van der Waals surface area contributed by atoms with Gasteiger partial charge in [0.25, 0.3) is 0 Å². The van der Waals surface area contributed by atoms with E-state index in [2.05, 4.69) is 12.1 Å². The van der Waals surface area contributed by atoms with Crippen molar-refractivity contribution in [2.45, 2.75) is 25.7 Å². The molecule has 108 valence electrons. The van der Waals surface area contributed by atoms with E-state index in [0.717, 1.165) is 11.3 Å². The maximum atomic E-state index is 11.2. The Hall–Kier alpha value is -2.33. The molecule has 0 amide bonds. The molecule has 2 aromatic carbocycles. The molecule has 4 heteroatoms. The molecule has 1 fully saturated rings. The molecular weight excluding hydrogens is 266 g/mol. The number of carbonyl (C=O) groups is 1. The van der Waals surface area contributed by atoms with E-state index in [1.54, 1.807) is 0 Å². The maximum absolute atomic E-state index is 11.2. The lowest BCUT2D eigenvalue weighted by atomic mass is 10.0. The van der Waals surface area contributed by atoms with Gasteiger partial charge in [-0.2, -0.15) is 0 Å². The van der Waals surface area contributed by atoms with Gasteiger partial charge in [0.1, 0.15) is 0 Å². The van der Waals surface area contributed by atoms with Gasteiger partial charge in [-0.05, 0) is 17.7 Å². The SMILES string of the molecule is CC(=O)O[C@H]1C[C@@H](c2ccccc2)N(c2ccccc2)O1. The monoisotopic (exact) mass is 283 g/mol. The highest BCUT2D eigenvalue weighted by atomic mass is 16.8. The average molecular weight is 283 g/mol. The summed E-state index contributed by atoms with van der Waals surface area (Å²) >= 11 is 0. The molecule has 0 unspecified atom stereocenters. The molecule has 2 atom stereocenters. The van der Waals surface area contributed by atoms with Crippen LogP contribution in [-0.4, -0.2) is 12.3 Å². The Morgan fingerprint density at radius 1 is 1.10 bits per heavy atom. The third kappa shape index (κ3) is 3.06. The van der Waals surface area contributed by atoms with Gasteiger partial charge in [0, 0.05) is 13.3 Å². The fraction of sp³-hybridized carbons (Fsp3) is 0.235. The topological polar surface area (TPSA) is 38.8 Å². The number of carbonyl (C=O) groups excluding carboxylic acids is 1. The lowest BCUT2D eigenvalue weighted by Gasteiger charge is -2.24. The van der Waals surface area contributed by atoms with E-state index in [-0.39, 0.29) is 12.0 Å². The van der Waals surface area contributed by atoms with Crippen LogP contribution in [0.4, 0.5) is 5.69 Å². The average Bonchev–Trinajstić information content (AvgIpc) is 2.92. The highest BCUT2D eigenvalue weighted by molar-refractivity contribution is 5.66. The molecule has 1 aliphatic rings. The first-order valence-electron chi connectivity index (χ1n) is 6.97. The number of para-hydroxylation sites is 1. The summed E-state index contributed by atoms with van der Waals surface area (Å²) in [6.07, 6.45) is 0.0614. The minimum absolute atomic E-state index is 0.0259. The zero-order valence-corrected chi connectivity index (χ0v) is 11.8. The molecule has 0 aliphatic carbocycles. The summed E-state index contributed by atoms with van der Waals surface area (Å²) < 4.78 is 5.21. The van der Waals surface area contributed by atoms with Crippen LogP contribution in [-0.2, 0) is 14.4 Å². The zero-order valence-electron chi connectivity index (χ0n) is 11.8. The predicted molar refractivity (Wildman–Crippen MR) is 79.4 cm³/mol. The fourth-order valence-electron chi connectivity index (χ4n) is 2.54. The molecule has 2 aromatic rings. The van der Waals surface area contributed by atoms with Crippen molar-refractivity contribution in [1.29, 1.82) is 0 Å². The van der Waals surface area contributed by atoms with Crippen molar-refractivity contribution in [2.75, 3.05) is 5.06 Å². The van der Waals surface area contributed by atoms with Gasteiger partial charge in [0.05, 0.1) is 11.7 Å². The van der Waals surface area contributed by atoms with Crippen LogP contribution in [0.2, 0.25) is 0 Å². The second-order valence-electron chi connectivity index (χ2n) is 4.97. The smallest absolute Gasteiger partial charge is 0.305 e. The van der Waals surface area contributed by atoms with Crippen LogP contribution >= 0.6 is 0 Å². The molecule has 1 saturated heterocycles. The molecule has 0 spiro atoms. The molecule has 0 aromatic heterocycles. The van der Waals surface area contributed by atoms with Crippen molar-refractivity contribution < 1.29 is 14.4 Å². The third-order valence-electron chi connectivity index (χ3n) is 3.42. The normalized spacial score (nSPS) is 21.3. The van der Waals surface area contributed by atoms with Gasteiger partial charge in [-0.1, -0.05) is 48.5 Å². The fourth-order valence-corrected chi connectivity index (χ4v) is 2.54. The Morgan fingerprint density at radius 3 is 2.33 bits per heavy atom. The summed E-state index contributed by atoms with van der Waals surface area (Å²) in [5.74, 6) is -0.332. The van der Waals surface area contributed by atoms with Gasteiger partial charge >= 0.3 is 5.97 Å². The number of rotatable bonds is 3. The summed E-state index contributed by atoms with van der Waals surface area (Å²) in [4.78, 5) is 17.0. The van der Waals surface area contributed by atoms with Gasteiger partial charge in [-0.3, -0.25) is 4.79 Å². The summed E-state index contributed by atoms with van der Waals surface area (Å²) in [6, 6.07) is 19.9. The van der Waals surface area contributed by atoms with Crippen LogP contribution in [0.3, 0.4) is 0 Å². The van der Waals surface area contributed by atoms with Crippen LogP contribution in [0.5, 0.6) is 0 Å². The van der Waals surface area contributed by atoms with E-state index in [0.29, 0.717) is 6.42 Å². The summed E-state index contributed by atoms with van der Waals surface area (Å²) in [5.41, 5.74) is 2.08. The molecule has 1 heterocycles. The minimum Gasteiger partial charge on any atom is -0.434 e. The van der Waals surface area contributed by atoms with E-state index in [9.17, 15) is 4.79 Å². The number of ether oxygens (including phenoxy) is 1. The second kappa shape index (κ2) is 5.97. The molecule has 0 radical (unpaired) electrons. The molecule has 0 saturated carbocycles. The summed E-state index contributed by atoms with van der Waals surface area (Å²) in [6.45, 7) is 1.39. The number of nitrogens with zero attached hydrogens (tertiary/aromatic N) is 1.